The summed E-state index contributed by atoms with van der Waals surface area (Å²) in [6.45, 7) is 1.31. The van der Waals surface area contributed by atoms with Crippen LogP contribution in [0.5, 0.6) is 0 Å². The van der Waals surface area contributed by atoms with Gasteiger partial charge in [0.25, 0.3) is 0 Å². The molecular formula is C13H18N4O2S. The van der Waals surface area contributed by atoms with Gasteiger partial charge in [-0.3, -0.25) is 4.68 Å². The number of hydrogen-bond donors (Lipinski definition) is 2. The molecule has 0 spiro atoms. The quantitative estimate of drug-likeness (QED) is 0.783. The third-order valence-electron chi connectivity index (χ3n) is 2.82. The van der Waals surface area contributed by atoms with Gasteiger partial charge in [-0.2, -0.15) is 5.10 Å². The lowest BCUT2D eigenvalue weighted by Crippen LogP contribution is -2.28. The van der Waals surface area contributed by atoms with E-state index >= 15 is 0 Å². The van der Waals surface area contributed by atoms with E-state index in [9.17, 15) is 8.42 Å². The number of nitrogens with zero attached hydrogens (tertiary/aromatic N) is 2. The van der Waals surface area contributed by atoms with E-state index in [1.807, 2.05) is 6.07 Å². The van der Waals surface area contributed by atoms with E-state index < -0.39 is 10.0 Å². The van der Waals surface area contributed by atoms with E-state index in [0.717, 1.165) is 5.56 Å². The van der Waals surface area contributed by atoms with Crippen molar-refractivity contribution >= 4 is 10.0 Å². The van der Waals surface area contributed by atoms with Gasteiger partial charge in [0.05, 0.1) is 11.4 Å². The summed E-state index contributed by atoms with van der Waals surface area (Å²) >= 11 is 0. The molecule has 0 radical (unpaired) electrons. The highest BCUT2D eigenvalue weighted by molar-refractivity contribution is 7.89. The van der Waals surface area contributed by atoms with Crippen molar-refractivity contribution in [1.29, 1.82) is 0 Å². The summed E-state index contributed by atoms with van der Waals surface area (Å²) in [6, 6.07) is 8.77. The third-order valence-corrected chi connectivity index (χ3v) is 4.38. The molecule has 20 heavy (non-hydrogen) atoms. The average Bonchev–Trinajstić information content (AvgIpc) is 2.92. The van der Waals surface area contributed by atoms with Crippen LogP contribution in [-0.4, -0.2) is 31.8 Å². The van der Waals surface area contributed by atoms with Crippen LogP contribution in [0.3, 0.4) is 0 Å². The fourth-order valence-corrected chi connectivity index (χ4v) is 3.17. The second-order valence-electron chi connectivity index (χ2n) is 4.30. The van der Waals surface area contributed by atoms with Crippen molar-refractivity contribution in [1.82, 2.24) is 19.8 Å². The van der Waals surface area contributed by atoms with Crippen molar-refractivity contribution in [3.8, 4) is 0 Å². The zero-order valence-corrected chi connectivity index (χ0v) is 12.1. The molecule has 0 atom stereocenters. The number of nitrogens with one attached hydrogen (secondary N) is 2. The molecule has 0 unspecified atom stereocenters. The molecule has 7 heteroatoms. The van der Waals surface area contributed by atoms with Crippen molar-refractivity contribution in [3.05, 3.63) is 48.3 Å². The molecule has 0 aliphatic rings. The summed E-state index contributed by atoms with van der Waals surface area (Å²) in [5.41, 5.74) is 0.751. The number of aromatic nitrogens is 2. The van der Waals surface area contributed by atoms with Gasteiger partial charge in [-0.1, -0.05) is 18.2 Å². The summed E-state index contributed by atoms with van der Waals surface area (Å²) in [5.74, 6) is 0. The molecule has 0 aliphatic carbocycles. The molecule has 108 valence electrons. The van der Waals surface area contributed by atoms with Crippen molar-refractivity contribution < 1.29 is 8.42 Å². The van der Waals surface area contributed by atoms with Crippen molar-refractivity contribution in [2.45, 2.75) is 18.0 Å². The minimum Gasteiger partial charge on any atom is -0.316 e. The molecule has 0 saturated heterocycles. The van der Waals surface area contributed by atoms with Crippen molar-refractivity contribution in [2.24, 2.45) is 0 Å². The molecule has 2 aromatic rings. The van der Waals surface area contributed by atoms with Gasteiger partial charge in [-0.05, 0) is 24.7 Å². The molecule has 0 bridgehead atoms. The first-order valence-electron chi connectivity index (χ1n) is 6.33. The zero-order valence-electron chi connectivity index (χ0n) is 11.3. The topological polar surface area (TPSA) is 76.0 Å². The molecule has 2 rings (SSSR count). The van der Waals surface area contributed by atoms with Crippen LogP contribution in [0.2, 0.25) is 0 Å². The first kappa shape index (κ1) is 14.7. The van der Waals surface area contributed by atoms with E-state index in [0.29, 0.717) is 24.5 Å². The molecular weight excluding hydrogens is 276 g/mol. The smallest absolute Gasteiger partial charge is 0.240 e. The number of benzene rings is 1. The minimum absolute atomic E-state index is 0.303. The first-order valence-corrected chi connectivity index (χ1v) is 7.81. The molecule has 0 aliphatic heterocycles. The van der Waals surface area contributed by atoms with Gasteiger partial charge in [-0.15, -0.1) is 0 Å². The van der Waals surface area contributed by atoms with Crippen LogP contribution in [-0.2, 0) is 23.1 Å². The highest BCUT2D eigenvalue weighted by atomic mass is 32.2. The maximum atomic E-state index is 12.3. The molecule has 2 N–H and O–H groups in total. The summed E-state index contributed by atoms with van der Waals surface area (Å²) < 4.78 is 28.9. The largest absolute Gasteiger partial charge is 0.316 e. The third kappa shape index (κ3) is 3.66. The Balaban J connectivity index is 2.06. The van der Waals surface area contributed by atoms with Crippen LogP contribution < -0.4 is 10.0 Å². The fraction of sp³-hybridized carbons (Fsp3) is 0.308. The summed E-state index contributed by atoms with van der Waals surface area (Å²) in [5, 5.41) is 7.00. The van der Waals surface area contributed by atoms with Crippen molar-refractivity contribution in [3.63, 3.8) is 0 Å². The lowest BCUT2D eigenvalue weighted by atomic mass is 10.2. The highest BCUT2D eigenvalue weighted by Crippen LogP contribution is 2.14. The monoisotopic (exact) mass is 294 g/mol. The van der Waals surface area contributed by atoms with Gasteiger partial charge >= 0.3 is 0 Å². The second-order valence-corrected chi connectivity index (χ2v) is 6.04. The van der Waals surface area contributed by atoms with Crippen LogP contribution >= 0.6 is 0 Å². The maximum absolute atomic E-state index is 12.3. The second kappa shape index (κ2) is 6.65. The summed E-state index contributed by atoms with van der Waals surface area (Å²) in [7, 11) is -1.71. The van der Waals surface area contributed by atoms with E-state index in [1.165, 1.54) is 0 Å². The van der Waals surface area contributed by atoms with E-state index in [4.69, 9.17) is 0 Å². The predicted octanol–water partition coefficient (Wildman–Crippen LogP) is 0.581. The summed E-state index contributed by atoms with van der Waals surface area (Å²) in [4.78, 5) is 0.315. The van der Waals surface area contributed by atoms with Crippen molar-refractivity contribution in [2.75, 3.05) is 13.6 Å². The van der Waals surface area contributed by atoms with Crippen LogP contribution in [0.4, 0.5) is 0 Å². The van der Waals surface area contributed by atoms with E-state index in [2.05, 4.69) is 15.1 Å². The number of rotatable bonds is 7. The maximum Gasteiger partial charge on any atom is 0.240 e. The van der Waals surface area contributed by atoms with Gasteiger partial charge in [0, 0.05) is 25.5 Å². The zero-order chi connectivity index (χ0) is 14.4. The van der Waals surface area contributed by atoms with Crippen LogP contribution in [0.1, 0.15) is 5.56 Å². The molecule has 1 aromatic carbocycles. The van der Waals surface area contributed by atoms with Crippen LogP contribution in [0.25, 0.3) is 0 Å². The first-order chi connectivity index (χ1) is 9.63. The Labute approximate surface area is 118 Å². The van der Waals surface area contributed by atoms with E-state index in [1.54, 1.807) is 48.4 Å². The highest BCUT2D eigenvalue weighted by Gasteiger charge is 2.16. The summed E-state index contributed by atoms with van der Waals surface area (Å²) in [6.07, 6.45) is 3.46. The van der Waals surface area contributed by atoms with Crippen LogP contribution in [0, 0.1) is 0 Å². The predicted molar refractivity (Wildman–Crippen MR) is 76.6 cm³/mol. The Morgan fingerprint density at radius 3 is 2.75 bits per heavy atom. The molecule has 1 heterocycles. The van der Waals surface area contributed by atoms with E-state index in [-0.39, 0.29) is 0 Å². The van der Waals surface area contributed by atoms with Gasteiger partial charge in [0.1, 0.15) is 0 Å². The Bertz CT molecular complexity index is 638. The normalized spacial score (nSPS) is 11.7. The molecule has 1 aromatic heterocycles. The van der Waals surface area contributed by atoms with Crippen LogP contribution in [0.15, 0.2) is 47.6 Å². The average molecular weight is 294 g/mol. The molecule has 0 saturated carbocycles. The fourth-order valence-electron chi connectivity index (χ4n) is 1.91. The molecule has 6 nitrogen and oxygen atoms in total. The Kier molecular flexibility index (Phi) is 4.89. The Morgan fingerprint density at radius 2 is 2.05 bits per heavy atom. The van der Waals surface area contributed by atoms with Gasteiger partial charge in [0.15, 0.2) is 0 Å². The Hall–Kier alpha value is -1.70. The molecule has 0 fully saturated rings. The number of hydrogen-bond acceptors (Lipinski definition) is 4. The molecule has 0 amide bonds. The lowest BCUT2D eigenvalue weighted by molar-refractivity contribution is 0.559. The SMILES string of the molecule is CNCc1ccccc1S(=O)(=O)NCCn1cccn1. The minimum atomic E-state index is -3.50. The lowest BCUT2D eigenvalue weighted by Gasteiger charge is -2.11. The van der Waals surface area contributed by atoms with Gasteiger partial charge in [0.2, 0.25) is 10.0 Å². The van der Waals surface area contributed by atoms with Gasteiger partial charge in [-0.25, -0.2) is 13.1 Å². The standard InChI is InChI=1S/C13H18N4O2S/c1-14-11-12-5-2-3-6-13(12)20(18,19)16-8-10-17-9-4-7-15-17/h2-7,9,14,16H,8,10-11H2,1H3. The van der Waals surface area contributed by atoms with Gasteiger partial charge < -0.3 is 5.32 Å². The Morgan fingerprint density at radius 1 is 1.25 bits per heavy atom. The number of sulfonamides is 1.